The van der Waals surface area contributed by atoms with Crippen LogP contribution in [0, 0.1) is 6.92 Å². The lowest BCUT2D eigenvalue weighted by Gasteiger charge is -2.03. The molecule has 0 bridgehead atoms. The lowest BCUT2D eigenvalue weighted by Crippen LogP contribution is -2.18. The van der Waals surface area contributed by atoms with Crippen LogP contribution in [0.3, 0.4) is 0 Å². The molecule has 0 saturated heterocycles. The number of nitrogens with one attached hydrogen (secondary N) is 1. The topological polar surface area (TPSA) is 42.7 Å². The van der Waals surface area contributed by atoms with Gasteiger partial charge in [0.05, 0.1) is 22.1 Å². The molecule has 0 radical (unpaired) electrons. The molecule has 0 atom stereocenters. The maximum absolute atomic E-state index is 4.45. The van der Waals surface area contributed by atoms with Gasteiger partial charge in [0.2, 0.25) is 0 Å². The van der Waals surface area contributed by atoms with Gasteiger partial charge in [-0.1, -0.05) is 6.92 Å². The summed E-state index contributed by atoms with van der Waals surface area (Å²) in [6.07, 6.45) is 1.98. The Bertz CT molecular complexity index is 501. The van der Waals surface area contributed by atoms with Crippen molar-refractivity contribution in [3.63, 3.8) is 0 Å². The Hall–Kier alpha value is -1.20. The maximum atomic E-state index is 4.45. The van der Waals surface area contributed by atoms with Gasteiger partial charge in [-0.05, 0) is 19.4 Å². The molecule has 2 rings (SSSR count). The van der Waals surface area contributed by atoms with E-state index in [2.05, 4.69) is 33.8 Å². The molecule has 2 aromatic rings. The van der Waals surface area contributed by atoms with Gasteiger partial charge in [0.15, 0.2) is 0 Å². The first kappa shape index (κ1) is 13.2. The maximum Gasteiger partial charge on any atom is 0.0897 e. The predicted molar refractivity (Wildman–Crippen MR) is 74.8 cm³/mol. The van der Waals surface area contributed by atoms with Crippen LogP contribution in [0.25, 0.3) is 0 Å². The molecule has 5 heteroatoms. The molecule has 2 heterocycles. The fourth-order valence-electron chi connectivity index (χ4n) is 1.87. The number of thiazole rings is 1. The van der Waals surface area contributed by atoms with E-state index in [9.17, 15) is 0 Å². The number of aromatic nitrogens is 3. The van der Waals surface area contributed by atoms with Gasteiger partial charge in [-0.2, -0.15) is 5.10 Å². The Labute approximate surface area is 112 Å². The summed E-state index contributed by atoms with van der Waals surface area (Å²) in [6.45, 7) is 6.00. The number of hydrogen-bond acceptors (Lipinski definition) is 4. The van der Waals surface area contributed by atoms with Gasteiger partial charge in [-0.25, -0.2) is 4.98 Å². The van der Waals surface area contributed by atoms with Crippen molar-refractivity contribution in [3.05, 3.63) is 33.5 Å². The third-order valence-corrected chi connectivity index (χ3v) is 3.74. The van der Waals surface area contributed by atoms with E-state index in [1.54, 1.807) is 11.3 Å². The van der Waals surface area contributed by atoms with Crippen molar-refractivity contribution in [1.82, 2.24) is 20.1 Å². The quantitative estimate of drug-likeness (QED) is 0.812. The van der Waals surface area contributed by atoms with Crippen molar-refractivity contribution in [2.75, 3.05) is 6.54 Å². The van der Waals surface area contributed by atoms with Crippen LogP contribution in [0.5, 0.6) is 0 Å². The Balaban J connectivity index is 1.76. The second kappa shape index (κ2) is 6.11. The van der Waals surface area contributed by atoms with Gasteiger partial charge in [0.25, 0.3) is 0 Å². The lowest BCUT2D eigenvalue weighted by atomic mass is 10.3. The summed E-state index contributed by atoms with van der Waals surface area (Å²) in [5, 5.41) is 11.2. The van der Waals surface area contributed by atoms with Crippen LogP contribution in [0.4, 0.5) is 0 Å². The molecule has 0 aliphatic carbocycles. The third-order valence-electron chi connectivity index (χ3n) is 2.92. The molecule has 18 heavy (non-hydrogen) atoms. The monoisotopic (exact) mass is 264 g/mol. The number of rotatable bonds is 6. The highest BCUT2D eigenvalue weighted by Gasteiger charge is 2.03. The smallest absolute Gasteiger partial charge is 0.0897 e. The van der Waals surface area contributed by atoms with Crippen molar-refractivity contribution in [3.8, 4) is 0 Å². The van der Waals surface area contributed by atoms with Crippen LogP contribution >= 0.6 is 11.3 Å². The standard InChI is InChI=1S/C13H20N4S/c1-4-11-7-13(17(3)16-11)8-14-6-5-12-9-18-10(2)15-12/h7,9,14H,4-6,8H2,1-3H3. The minimum Gasteiger partial charge on any atom is -0.311 e. The van der Waals surface area contributed by atoms with Crippen LogP contribution in [0.2, 0.25) is 0 Å². The highest BCUT2D eigenvalue weighted by atomic mass is 32.1. The van der Waals surface area contributed by atoms with Gasteiger partial charge < -0.3 is 5.32 Å². The van der Waals surface area contributed by atoms with E-state index in [-0.39, 0.29) is 0 Å². The molecule has 0 saturated carbocycles. The summed E-state index contributed by atoms with van der Waals surface area (Å²) in [6, 6.07) is 2.17. The van der Waals surface area contributed by atoms with Gasteiger partial charge in [-0.15, -0.1) is 11.3 Å². The first-order valence-electron chi connectivity index (χ1n) is 6.32. The predicted octanol–water partition coefficient (Wildman–Crippen LogP) is 2.08. The lowest BCUT2D eigenvalue weighted by molar-refractivity contribution is 0.621. The Morgan fingerprint density at radius 1 is 1.39 bits per heavy atom. The fourth-order valence-corrected chi connectivity index (χ4v) is 2.51. The molecular weight excluding hydrogens is 244 g/mol. The Morgan fingerprint density at radius 3 is 2.83 bits per heavy atom. The largest absolute Gasteiger partial charge is 0.311 e. The number of nitrogens with zero attached hydrogens (tertiary/aromatic N) is 3. The average molecular weight is 264 g/mol. The SMILES string of the molecule is CCc1cc(CNCCc2csc(C)n2)n(C)n1. The normalized spacial score (nSPS) is 11.1. The Kier molecular flexibility index (Phi) is 4.49. The van der Waals surface area contributed by atoms with E-state index in [1.807, 2.05) is 18.7 Å². The molecule has 4 nitrogen and oxygen atoms in total. The summed E-state index contributed by atoms with van der Waals surface area (Å²) in [7, 11) is 2.00. The van der Waals surface area contributed by atoms with Gasteiger partial charge in [0.1, 0.15) is 0 Å². The Morgan fingerprint density at radius 2 is 2.22 bits per heavy atom. The molecule has 2 aromatic heterocycles. The number of aryl methyl sites for hydroxylation is 3. The zero-order valence-corrected chi connectivity index (χ0v) is 12.0. The highest BCUT2D eigenvalue weighted by molar-refractivity contribution is 7.09. The summed E-state index contributed by atoms with van der Waals surface area (Å²) < 4.78 is 1.96. The van der Waals surface area contributed by atoms with Crippen LogP contribution in [-0.2, 0) is 26.4 Å². The first-order chi connectivity index (χ1) is 8.69. The zero-order chi connectivity index (χ0) is 13.0. The van der Waals surface area contributed by atoms with Crippen molar-refractivity contribution < 1.29 is 0 Å². The summed E-state index contributed by atoms with van der Waals surface area (Å²) in [5.74, 6) is 0. The van der Waals surface area contributed by atoms with Crippen molar-refractivity contribution in [2.45, 2.75) is 33.2 Å². The molecule has 0 aliphatic rings. The molecule has 0 spiro atoms. The van der Waals surface area contributed by atoms with Gasteiger partial charge in [0, 0.05) is 31.9 Å². The van der Waals surface area contributed by atoms with E-state index in [0.717, 1.165) is 36.6 Å². The van der Waals surface area contributed by atoms with E-state index in [4.69, 9.17) is 0 Å². The second-order valence-electron chi connectivity index (χ2n) is 4.39. The minimum atomic E-state index is 0.868. The molecule has 0 unspecified atom stereocenters. The van der Waals surface area contributed by atoms with E-state index < -0.39 is 0 Å². The molecular formula is C13H20N4S. The number of hydrogen-bond donors (Lipinski definition) is 1. The van der Waals surface area contributed by atoms with Crippen molar-refractivity contribution in [2.24, 2.45) is 7.05 Å². The summed E-state index contributed by atoms with van der Waals surface area (Å²) >= 11 is 1.71. The molecule has 0 aromatic carbocycles. The van der Waals surface area contributed by atoms with Crippen LogP contribution in [0.1, 0.15) is 29.0 Å². The molecule has 0 aliphatic heterocycles. The molecule has 1 N–H and O–H groups in total. The highest BCUT2D eigenvalue weighted by Crippen LogP contribution is 2.08. The zero-order valence-electron chi connectivity index (χ0n) is 11.2. The van der Waals surface area contributed by atoms with Gasteiger partial charge in [-0.3, -0.25) is 4.68 Å². The molecule has 0 amide bonds. The minimum absolute atomic E-state index is 0.868. The van der Waals surface area contributed by atoms with Crippen LogP contribution in [0.15, 0.2) is 11.4 Å². The van der Waals surface area contributed by atoms with E-state index in [0.29, 0.717) is 0 Å². The van der Waals surface area contributed by atoms with Crippen molar-refractivity contribution in [1.29, 1.82) is 0 Å². The average Bonchev–Trinajstić information content (AvgIpc) is 2.91. The van der Waals surface area contributed by atoms with Crippen LogP contribution in [-0.4, -0.2) is 21.3 Å². The fraction of sp³-hybridized carbons (Fsp3) is 0.538. The van der Waals surface area contributed by atoms with Crippen LogP contribution < -0.4 is 5.32 Å². The van der Waals surface area contributed by atoms with Gasteiger partial charge >= 0.3 is 0 Å². The van der Waals surface area contributed by atoms with Crippen molar-refractivity contribution >= 4 is 11.3 Å². The second-order valence-corrected chi connectivity index (χ2v) is 5.45. The molecule has 98 valence electrons. The summed E-state index contributed by atoms with van der Waals surface area (Å²) in [4.78, 5) is 4.45. The van der Waals surface area contributed by atoms with E-state index in [1.165, 1.54) is 11.4 Å². The first-order valence-corrected chi connectivity index (χ1v) is 7.20. The summed E-state index contributed by atoms with van der Waals surface area (Å²) in [5.41, 5.74) is 3.58. The third kappa shape index (κ3) is 3.40. The van der Waals surface area contributed by atoms with E-state index >= 15 is 0 Å². The molecule has 0 fully saturated rings.